The van der Waals surface area contributed by atoms with Crippen LogP contribution in [0.5, 0.6) is 5.75 Å². The summed E-state index contributed by atoms with van der Waals surface area (Å²) in [7, 11) is -2.21. The van der Waals surface area contributed by atoms with Gasteiger partial charge in [-0.25, -0.2) is 8.42 Å². The number of benzene rings is 2. The quantitative estimate of drug-likeness (QED) is 0.771. The summed E-state index contributed by atoms with van der Waals surface area (Å²) in [5, 5.41) is 0. The van der Waals surface area contributed by atoms with Gasteiger partial charge in [-0.1, -0.05) is 24.3 Å². The van der Waals surface area contributed by atoms with Crippen molar-refractivity contribution in [1.29, 1.82) is 0 Å². The summed E-state index contributed by atoms with van der Waals surface area (Å²) in [4.78, 5) is 15.0. The van der Waals surface area contributed by atoms with E-state index < -0.39 is 10.0 Å². The highest BCUT2D eigenvalue weighted by molar-refractivity contribution is 7.89. The SMILES string of the molecule is COc1ccc(S(=O)(=O)N2CCc3ccccc3C2)cc1C(=O)N1CCCCC1. The van der Waals surface area contributed by atoms with Crippen LogP contribution < -0.4 is 4.74 Å². The molecular weight excluding hydrogens is 388 g/mol. The molecule has 1 saturated heterocycles. The van der Waals surface area contributed by atoms with E-state index in [1.165, 1.54) is 29.1 Å². The van der Waals surface area contributed by atoms with Crippen LogP contribution in [0, 0.1) is 0 Å². The highest BCUT2D eigenvalue weighted by Gasteiger charge is 2.30. The molecule has 2 aliphatic heterocycles. The van der Waals surface area contributed by atoms with Gasteiger partial charge in [-0.05, 0) is 55.0 Å². The third-order valence-electron chi connectivity index (χ3n) is 5.78. The Bertz CT molecular complexity index is 1010. The fraction of sp³-hybridized carbons (Fsp3) is 0.409. The molecule has 2 aliphatic rings. The summed E-state index contributed by atoms with van der Waals surface area (Å²) in [6.07, 6.45) is 3.75. The van der Waals surface area contributed by atoms with Gasteiger partial charge in [0, 0.05) is 26.2 Å². The summed E-state index contributed by atoms with van der Waals surface area (Å²) in [5.41, 5.74) is 2.53. The number of carbonyl (C=O) groups excluding carboxylic acids is 1. The van der Waals surface area contributed by atoms with Crippen molar-refractivity contribution in [3.8, 4) is 5.75 Å². The highest BCUT2D eigenvalue weighted by atomic mass is 32.2. The van der Waals surface area contributed by atoms with Crippen molar-refractivity contribution in [3.05, 3.63) is 59.2 Å². The Hall–Kier alpha value is -2.38. The fourth-order valence-electron chi connectivity index (χ4n) is 4.11. The first kappa shape index (κ1) is 19.9. The number of hydrogen-bond donors (Lipinski definition) is 0. The van der Waals surface area contributed by atoms with Gasteiger partial charge in [0.1, 0.15) is 5.75 Å². The molecule has 2 aromatic carbocycles. The summed E-state index contributed by atoms with van der Waals surface area (Å²) in [5.74, 6) is 0.242. The molecule has 0 saturated carbocycles. The monoisotopic (exact) mass is 414 g/mol. The Morgan fingerprint density at radius 1 is 0.966 bits per heavy atom. The Morgan fingerprint density at radius 2 is 1.69 bits per heavy atom. The molecule has 29 heavy (non-hydrogen) atoms. The van der Waals surface area contributed by atoms with Crippen LogP contribution in [-0.4, -0.2) is 50.3 Å². The fourth-order valence-corrected chi connectivity index (χ4v) is 5.55. The van der Waals surface area contributed by atoms with Gasteiger partial charge in [-0.3, -0.25) is 4.79 Å². The maximum atomic E-state index is 13.3. The molecule has 1 fully saturated rings. The predicted octanol–water partition coefficient (Wildman–Crippen LogP) is 3.07. The Balaban J connectivity index is 1.65. The summed E-state index contributed by atoms with van der Waals surface area (Å²) in [6, 6.07) is 12.5. The van der Waals surface area contributed by atoms with Gasteiger partial charge in [0.2, 0.25) is 10.0 Å². The number of ether oxygens (including phenoxy) is 1. The lowest BCUT2D eigenvalue weighted by atomic mass is 10.0. The van der Waals surface area contributed by atoms with Crippen molar-refractivity contribution in [2.75, 3.05) is 26.7 Å². The standard InChI is InChI=1S/C22H26N2O4S/c1-28-21-10-9-19(15-20(21)22(25)23-12-5-2-6-13-23)29(26,27)24-14-11-17-7-3-4-8-18(17)16-24/h3-4,7-10,15H,2,5-6,11-14,16H2,1H3. The van der Waals surface area contributed by atoms with Crippen LogP contribution in [0.2, 0.25) is 0 Å². The van der Waals surface area contributed by atoms with Crippen molar-refractivity contribution in [2.45, 2.75) is 37.1 Å². The van der Waals surface area contributed by atoms with Crippen LogP contribution in [-0.2, 0) is 23.0 Å². The van der Waals surface area contributed by atoms with E-state index in [0.29, 0.717) is 43.9 Å². The van der Waals surface area contributed by atoms with E-state index in [9.17, 15) is 13.2 Å². The van der Waals surface area contributed by atoms with Gasteiger partial charge in [-0.15, -0.1) is 0 Å². The number of likely N-dealkylation sites (tertiary alicyclic amines) is 1. The molecule has 0 N–H and O–H groups in total. The molecule has 0 aromatic heterocycles. The minimum Gasteiger partial charge on any atom is -0.496 e. The second-order valence-electron chi connectivity index (χ2n) is 7.57. The molecule has 0 radical (unpaired) electrons. The number of fused-ring (bicyclic) bond motifs is 1. The molecule has 0 atom stereocenters. The largest absolute Gasteiger partial charge is 0.496 e. The Labute approximate surface area is 172 Å². The number of rotatable bonds is 4. The van der Waals surface area contributed by atoms with Gasteiger partial charge < -0.3 is 9.64 Å². The molecule has 6 nitrogen and oxygen atoms in total. The first-order chi connectivity index (χ1) is 14.0. The van der Waals surface area contributed by atoms with Crippen LogP contribution in [0.25, 0.3) is 0 Å². The molecule has 1 amide bonds. The topological polar surface area (TPSA) is 66.9 Å². The highest BCUT2D eigenvalue weighted by Crippen LogP contribution is 2.29. The average Bonchev–Trinajstić information content (AvgIpc) is 2.78. The van der Waals surface area contributed by atoms with E-state index in [1.807, 2.05) is 24.3 Å². The van der Waals surface area contributed by atoms with Gasteiger partial charge in [0.05, 0.1) is 17.6 Å². The van der Waals surface area contributed by atoms with Crippen LogP contribution >= 0.6 is 0 Å². The minimum absolute atomic E-state index is 0.137. The number of amides is 1. The van der Waals surface area contributed by atoms with Crippen LogP contribution in [0.15, 0.2) is 47.4 Å². The van der Waals surface area contributed by atoms with E-state index in [-0.39, 0.29) is 10.8 Å². The molecule has 4 rings (SSSR count). The van der Waals surface area contributed by atoms with E-state index in [0.717, 1.165) is 24.8 Å². The zero-order valence-electron chi connectivity index (χ0n) is 16.6. The van der Waals surface area contributed by atoms with Gasteiger partial charge in [0.15, 0.2) is 0 Å². The van der Waals surface area contributed by atoms with Gasteiger partial charge in [0.25, 0.3) is 5.91 Å². The minimum atomic E-state index is -3.71. The Morgan fingerprint density at radius 3 is 2.41 bits per heavy atom. The first-order valence-corrected chi connectivity index (χ1v) is 11.5. The zero-order valence-corrected chi connectivity index (χ0v) is 17.5. The lowest BCUT2D eigenvalue weighted by molar-refractivity contribution is 0.0720. The number of piperidine rings is 1. The van der Waals surface area contributed by atoms with Crippen LogP contribution in [0.1, 0.15) is 40.7 Å². The van der Waals surface area contributed by atoms with E-state index in [2.05, 4.69) is 0 Å². The smallest absolute Gasteiger partial charge is 0.257 e. The molecule has 0 spiro atoms. The van der Waals surface area contributed by atoms with Crippen molar-refractivity contribution >= 4 is 15.9 Å². The van der Waals surface area contributed by atoms with Crippen molar-refractivity contribution in [3.63, 3.8) is 0 Å². The Kier molecular flexibility index (Phi) is 5.61. The summed E-state index contributed by atoms with van der Waals surface area (Å²) in [6.45, 7) is 2.17. The molecule has 0 bridgehead atoms. The molecular formula is C22H26N2O4S. The zero-order chi connectivity index (χ0) is 20.4. The third-order valence-corrected chi connectivity index (χ3v) is 7.62. The molecule has 2 aromatic rings. The normalized spacial score (nSPS) is 17.6. The van der Waals surface area contributed by atoms with E-state index in [1.54, 1.807) is 11.0 Å². The predicted molar refractivity (Wildman–Crippen MR) is 110 cm³/mol. The first-order valence-electron chi connectivity index (χ1n) is 10.0. The summed E-state index contributed by atoms with van der Waals surface area (Å²) >= 11 is 0. The number of methoxy groups -OCH3 is 1. The van der Waals surface area contributed by atoms with Crippen molar-refractivity contribution < 1.29 is 17.9 Å². The van der Waals surface area contributed by atoms with Crippen molar-refractivity contribution in [1.82, 2.24) is 9.21 Å². The molecule has 7 heteroatoms. The van der Waals surface area contributed by atoms with E-state index in [4.69, 9.17) is 4.74 Å². The molecule has 0 aliphatic carbocycles. The molecule has 2 heterocycles. The third kappa shape index (κ3) is 3.89. The lowest BCUT2D eigenvalue weighted by Crippen LogP contribution is -2.37. The number of sulfonamides is 1. The van der Waals surface area contributed by atoms with Crippen LogP contribution in [0.4, 0.5) is 0 Å². The average molecular weight is 415 g/mol. The molecule has 0 unspecified atom stereocenters. The maximum Gasteiger partial charge on any atom is 0.257 e. The lowest BCUT2D eigenvalue weighted by Gasteiger charge is -2.29. The van der Waals surface area contributed by atoms with Crippen molar-refractivity contribution in [2.24, 2.45) is 0 Å². The number of nitrogens with zero attached hydrogens (tertiary/aromatic N) is 2. The number of carbonyl (C=O) groups is 1. The maximum absolute atomic E-state index is 13.3. The second kappa shape index (κ2) is 8.16. The van der Waals surface area contributed by atoms with E-state index >= 15 is 0 Å². The molecule has 154 valence electrons. The summed E-state index contributed by atoms with van der Waals surface area (Å²) < 4.78 is 33.5. The second-order valence-corrected chi connectivity index (χ2v) is 9.51. The van der Waals surface area contributed by atoms with Gasteiger partial charge >= 0.3 is 0 Å². The number of hydrogen-bond acceptors (Lipinski definition) is 4. The van der Waals surface area contributed by atoms with Gasteiger partial charge in [-0.2, -0.15) is 4.31 Å². The van der Waals surface area contributed by atoms with Crippen LogP contribution in [0.3, 0.4) is 0 Å².